The van der Waals surface area contributed by atoms with E-state index in [-0.39, 0.29) is 0 Å². The number of nitro groups is 2. The lowest BCUT2D eigenvalue weighted by molar-refractivity contribution is -0.422. The number of rotatable bonds is 4. The second-order valence-electron chi connectivity index (χ2n) is 3.92. The Balaban J connectivity index is 2.62. The number of ether oxygens (including phenoxy) is 1. The molecule has 0 aromatic heterocycles. The molecule has 0 amide bonds. The van der Waals surface area contributed by atoms with Gasteiger partial charge in [0.25, 0.3) is 0 Å². The van der Waals surface area contributed by atoms with Crippen molar-refractivity contribution >= 4 is 11.4 Å². The maximum atomic E-state index is 10.9. The van der Waals surface area contributed by atoms with E-state index in [1.807, 2.05) is 0 Å². The first kappa shape index (κ1) is 13.5. The smallest absolute Gasteiger partial charge is 0.346 e. The van der Waals surface area contributed by atoms with Crippen LogP contribution in [0.5, 0.6) is 5.75 Å². The molecule has 0 saturated carbocycles. The van der Waals surface area contributed by atoms with Gasteiger partial charge in [0.15, 0.2) is 0 Å². The Kier molecular flexibility index (Phi) is 3.60. The van der Waals surface area contributed by atoms with Crippen molar-refractivity contribution in [2.24, 2.45) is 0 Å². The second kappa shape index (κ2) is 5.35. The third kappa shape index (κ3) is 2.41. The largest absolute Gasteiger partial charge is 0.496 e. The van der Waals surface area contributed by atoms with Gasteiger partial charge in [-0.2, -0.15) is 0 Å². The standard InChI is InChI=1S/C13H10N2O5/c1-20-13-5-3-2-4-10(13)9-6-7-11(14(16)17)12(8-9)15(18)19/h2-8H,1H3. The van der Waals surface area contributed by atoms with Gasteiger partial charge in [0.1, 0.15) is 5.75 Å². The van der Waals surface area contributed by atoms with Crippen LogP contribution in [-0.4, -0.2) is 17.0 Å². The molecule has 0 unspecified atom stereocenters. The predicted octanol–water partition coefficient (Wildman–Crippen LogP) is 3.18. The molecule has 0 spiro atoms. The quantitative estimate of drug-likeness (QED) is 0.630. The van der Waals surface area contributed by atoms with Crippen LogP contribution in [0, 0.1) is 20.2 Å². The van der Waals surface area contributed by atoms with E-state index < -0.39 is 21.2 Å². The van der Waals surface area contributed by atoms with Crippen molar-refractivity contribution in [1.29, 1.82) is 0 Å². The van der Waals surface area contributed by atoms with Crippen LogP contribution in [-0.2, 0) is 0 Å². The van der Waals surface area contributed by atoms with Crippen LogP contribution >= 0.6 is 0 Å². The summed E-state index contributed by atoms with van der Waals surface area (Å²) in [5.74, 6) is 0.538. The monoisotopic (exact) mass is 274 g/mol. The lowest BCUT2D eigenvalue weighted by Crippen LogP contribution is -1.97. The van der Waals surface area contributed by atoms with Crippen molar-refractivity contribution < 1.29 is 14.6 Å². The van der Waals surface area contributed by atoms with E-state index in [0.717, 1.165) is 6.07 Å². The zero-order chi connectivity index (χ0) is 14.7. The van der Waals surface area contributed by atoms with E-state index in [0.29, 0.717) is 16.9 Å². The van der Waals surface area contributed by atoms with E-state index in [4.69, 9.17) is 4.74 Å². The van der Waals surface area contributed by atoms with Crippen LogP contribution in [0.4, 0.5) is 11.4 Å². The van der Waals surface area contributed by atoms with E-state index in [1.54, 1.807) is 24.3 Å². The normalized spacial score (nSPS) is 10.1. The molecule has 0 saturated heterocycles. The average Bonchev–Trinajstić information content (AvgIpc) is 2.46. The average molecular weight is 274 g/mol. The molecule has 0 heterocycles. The number of methoxy groups -OCH3 is 1. The molecule has 102 valence electrons. The van der Waals surface area contributed by atoms with Crippen molar-refractivity contribution in [3.05, 3.63) is 62.7 Å². The Morgan fingerprint density at radius 1 is 0.950 bits per heavy atom. The van der Waals surface area contributed by atoms with Gasteiger partial charge in [-0.1, -0.05) is 18.2 Å². The highest BCUT2D eigenvalue weighted by Crippen LogP contribution is 2.35. The highest BCUT2D eigenvalue weighted by molar-refractivity contribution is 5.74. The van der Waals surface area contributed by atoms with Gasteiger partial charge < -0.3 is 4.74 Å². The number of nitro benzene ring substituents is 2. The van der Waals surface area contributed by atoms with Crippen molar-refractivity contribution in [2.45, 2.75) is 0 Å². The molecule has 0 aliphatic rings. The lowest BCUT2D eigenvalue weighted by Gasteiger charge is -2.08. The molecule has 0 fully saturated rings. The first-order chi connectivity index (χ1) is 9.54. The number of para-hydroxylation sites is 1. The lowest BCUT2D eigenvalue weighted by atomic mass is 10.0. The van der Waals surface area contributed by atoms with Crippen LogP contribution in [0.25, 0.3) is 11.1 Å². The van der Waals surface area contributed by atoms with Crippen molar-refractivity contribution in [3.63, 3.8) is 0 Å². The summed E-state index contributed by atoms with van der Waals surface area (Å²) in [6.45, 7) is 0. The maximum absolute atomic E-state index is 10.9. The van der Waals surface area contributed by atoms with Gasteiger partial charge in [-0.25, -0.2) is 0 Å². The van der Waals surface area contributed by atoms with Crippen molar-refractivity contribution in [1.82, 2.24) is 0 Å². The van der Waals surface area contributed by atoms with Crippen LogP contribution in [0.15, 0.2) is 42.5 Å². The molecule has 2 rings (SSSR count). The minimum Gasteiger partial charge on any atom is -0.496 e. The Hall–Kier alpha value is -2.96. The van der Waals surface area contributed by atoms with Crippen LogP contribution in [0.3, 0.4) is 0 Å². The summed E-state index contributed by atoms with van der Waals surface area (Å²) in [7, 11) is 1.48. The van der Waals surface area contributed by atoms with Crippen LogP contribution < -0.4 is 4.74 Å². The summed E-state index contributed by atoms with van der Waals surface area (Å²) in [4.78, 5) is 20.2. The Labute approximate surface area is 113 Å². The molecular weight excluding hydrogens is 264 g/mol. The summed E-state index contributed by atoms with van der Waals surface area (Å²) in [6, 6.07) is 10.7. The van der Waals surface area contributed by atoms with E-state index in [2.05, 4.69) is 0 Å². The topological polar surface area (TPSA) is 95.5 Å². The Morgan fingerprint density at radius 2 is 1.60 bits per heavy atom. The minimum absolute atomic E-state index is 0.486. The number of hydrogen-bond donors (Lipinski definition) is 0. The van der Waals surface area contributed by atoms with Gasteiger partial charge in [0.2, 0.25) is 0 Å². The summed E-state index contributed by atoms with van der Waals surface area (Å²) in [5.41, 5.74) is 0.0415. The molecule has 0 bridgehead atoms. The molecule has 0 radical (unpaired) electrons. The van der Waals surface area contributed by atoms with Gasteiger partial charge in [-0.3, -0.25) is 20.2 Å². The number of hydrogen-bond acceptors (Lipinski definition) is 5. The molecule has 0 N–H and O–H groups in total. The molecular formula is C13H10N2O5. The van der Waals surface area contributed by atoms with E-state index >= 15 is 0 Å². The van der Waals surface area contributed by atoms with E-state index in [1.165, 1.54) is 19.2 Å². The van der Waals surface area contributed by atoms with Gasteiger partial charge in [0.05, 0.1) is 17.0 Å². The third-order valence-electron chi connectivity index (χ3n) is 2.79. The summed E-state index contributed by atoms with van der Waals surface area (Å²) < 4.78 is 5.17. The van der Waals surface area contributed by atoms with Gasteiger partial charge >= 0.3 is 11.4 Å². The third-order valence-corrected chi connectivity index (χ3v) is 2.79. The Morgan fingerprint density at radius 3 is 2.20 bits per heavy atom. The predicted molar refractivity (Wildman–Crippen MR) is 71.7 cm³/mol. The van der Waals surface area contributed by atoms with Crippen molar-refractivity contribution in [2.75, 3.05) is 7.11 Å². The summed E-state index contributed by atoms with van der Waals surface area (Å²) in [5, 5.41) is 21.7. The van der Waals surface area contributed by atoms with Gasteiger partial charge in [-0.05, 0) is 17.7 Å². The number of benzene rings is 2. The minimum atomic E-state index is -0.774. The first-order valence-electron chi connectivity index (χ1n) is 5.61. The second-order valence-corrected chi connectivity index (χ2v) is 3.92. The van der Waals surface area contributed by atoms with E-state index in [9.17, 15) is 20.2 Å². The highest BCUT2D eigenvalue weighted by Gasteiger charge is 2.24. The SMILES string of the molecule is COc1ccccc1-c1ccc([N+](=O)[O-])c([N+](=O)[O-])c1. The molecule has 0 aliphatic heterocycles. The Bertz CT molecular complexity index is 684. The van der Waals surface area contributed by atoms with Gasteiger partial charge in [0, 0.05) is 17.7 Å². The molecule has 2 aromatic rings. The van der Waals surface area contributed by atoms with Crippen LogP contribution in [0.2, 0.25) is 0 Å². The molecule has 0 aliphatic carbocycles. The number of nitrogens with zero attached hydrogens (tertiary/aromatic N) is 2. The molecule has 0 atom stereocenters. The van der Waals surface area contributed by atoms with Gasteiger partial charge in [-0.15, -0.1) is 0 Å². The molecule has 20 heavy (non-hydrogen) atoms. The zero-order valence-electron chi connectivity index (χ0n) is 10.5. The maximum Gasteiger partial charge on any atom is 0.346 e. The van der Waals surface area contributed by atoms with Crippen LogP contribution in [0.1, 0.15) is 0 Å². The van der Waals surface area contributed by atoms with Crippen molar-refractivity contribution in [3.8, 4) is 16.9 Å². The fourth-order valence-electron chi connectivity index (χ4n) is 1.87. The fourth-order valence-corrected chi connectivity index (χ4v) is 1.87. The summed E-state index contributed by atoms with van der Waals surface area (Å²) in [6.07, 6.45) is 0. The molecule has 7 heteroatoms. The highest BCUT2D eigenvalue weighted by atomic mass is 16.6. The first-order valence-corrected chi connectivity index (χ1v) is 5.61. The summed E-state index contributed by atoms with van der Waals surface area (Å²) >= 11 is 0. The molecule has 7 nitrogen and oxygen atoms in total. The fraction of sp³-hybridized carbons (Fsp3) is 0.0769. The molecule has 2 aromatic carbocycles. The zero-order valence-corrected chi connectivity index (χ0v) is 10.5.